The van der Waals surface area contributed by atoms with Crippen molar-refractivity contribution in [2.24, 2.45) is 0 Å². The van der Waals surface area contributed by atoms with Gasteiger partial charge in [-0.3, -0.25) is 9.89 Å². The second-order valence-electron chi connectivity index (χ2n) is 5.16. The van der Waals surface area contributed by atoms with Crippen LogP contribution in [0.1, 0.15) is 46.5 Å². The Labute approximate surface area is 111 Å². The summed E-state index contributed by atoms with van der Waals surface area (Å²) in [5.41, 5.74) is 1.55. The molecule has 2 aromatic heterocycles. The number of carbonyl (C=O) groups is 1. The van der Waals surface area contributed by atoms with E-state index in [-0.39, 0.29) is 5.91 Å². The van der Waals surface area contributed by atoms with Crippen molar-refractivity contribution in [2.45, 2.75) is 32.2 Å². The summed E-state index contributed by atoms with van der Waals surface area (Å²) in [5.74, 6) is 2.13. The van der Waals surface area contributed by atoms with E-state index in [1.54, 1.807) is 11.9 Å². The lowest BCUT2D eigenvalue weighted by Crippen LogP contribution is -2.26. The molecule has 1 fully saturated rings. The molecular formula is C14H17N3O2. The third-order valence-electron chi connectivity index (χ3n) is 3.37. The quantitative estimate of drug-likeness (QED) is 0.917. The van der Waals surface area contributed by atoms with Crippen LogP contribution in [0.3, 0.4) is 0 Å². The fourth-order valence-electron chi connectivity index (χ4n) is 2.12. The molecule has 0 radical (unpaired) electrons. The Kier molecular flexibility index (Phi) is 2.89. The number of furan rings is 1. The molecule has 1 N–H and O–H groups in total. The number of hydrogen-bond acceptors (Lipinski definition) is 3. The highest BCUT2D eigenvalue weighted by Crippen LogP contribution is 2.39. The first kappa shape index (κ1) is 12.0. The monoisotopic (exact) mass is 259 g/mol. The number of aromatic amines is 1. The minimum absolute atomic E-state index is 0.0859. The number of nitrogens with one attached hydrogen (secondary N) is 1. The standard InChI is InChI=1S/C14H17N3O2/c1-9-3-6-11(19-9)8-17(2)14(18)13-7-12(15-16-13)10-4-5-10/h3,6-7,10H,4-5,8H2,1-2H3,(H,15,16). The average Bonchev–Trinajstić information content (AvgIpc) is 2.98. The van der Waals surface area contributed by atoms with Crippen LogP contribution in [0, 0.1) is 6.92 Å². The topological polar surface area (TPSA) is 62.1 Å². The van der Waals surface area contributed by atoms with Gasteiger partial charge < -0.3 is 9.32 Å². The van der Waals surface area contributed by atoms with Gasteiger partial charge in [0.25, 0.3) is 5.91 Å². The van der Waals surface area contributed by atoms with Gasteiger partial charge in [0.1, 0.15) is 17.2 Å². The minimum Gasteiger partial charge on any atom is -0.464 e. The smallest absolute Gasteiger partial charge is 0.274 e. The number of aryl methyl sites for hydroxylation is 1. The third kappa shape index (κ3) is 2.54. The molecule has 0 aromatic carbocycles. The molecule has 19 heavy (non-hydrogen) atoms. The SMILES string of the molecule is Cc1ccc(CN(C)C(=O)c2cc(C3CC3)[nH]n2)o1. The highest BCUT2D eigenvalue weighted by atomic mass is 16.3. The van der Waals surface area contributed by atoms with E-state index in [0.717, 1.165) is 17.2 Å². The molecule has 0 saturated heterocycles. The number of carbonyl (C=O) groups excluding carboxylic acids is 1. The van der Waals surface area contributed by atoms with Crippen LogP contribution in [-0.4, -0.2) is 28.1 Å². The van der Waals surface area contributed by atoms with Crippen molar-refractivity contribution >= 4 is 5.91 Å². The summed E-state index contributed by atoms with van der Waals surface area (Å²) in [6.45, 7) is 2.35. The molecule has 2 heterocycles. The van der Waals surface area contributed by atoms with Crippen LogP contribution in [0.4, 0.5) is 0 Å². The van der Waals surface area contributed by atoms with Crippen LogP contribution < -0.4 is 0 Å². The number of hydrogen-bond donors (Lipinski definition) is 1. The number of H-pyrrole nitrogens is 1. The first-order valence-corrected chi connectivity index (χ1v) is 6.49. The molecule has 1 saturated carbocycles. The predicted molar refractivity (Wildman–Crippen MR) is 69.8 cm³/mol. The van der Waals surface area contributed by atoms with Crippen molar-refractivity contribution in [1.82, 2.24) is 15.1 Å². The largest absolute Gasteiger partial charge is 0.464 e. The van der Waals surface area contributed by atoms with E-state index in [1.165, 1.54) is 12.8 Å². The number of amides is 1. The van der Waals surface area contributed by atoms with Crippen LogP contribution >= 0.6 is 0 Å². The van der Waals surface area contributed by atoms with Gasteiger partial charge in [0.05, 0.1) is 6.54 Å². The van der Waals surface area contributed by atoms with E-state index in [9.17, 15) is 4.79 Å². The zero-order chi connectivity index (χ0) is 13.4. The van der Waals surface area contributed by atoms with Gasteiger partial charge in [0, 0.05) is 18.7 Å². The van der Waals surface area contributed by atoms with E-state index in [2.05, 4.69) is 10.2 Å². The summed E-state index contributed by atoms with van der Waals surface area (Å²) in [5, 5.41) is 7.05. The second kappa shape index (κ2) is 4.57. The first-order valence-electron chi connectivity index (χ1n) is 6.49. The first-order chi connectivity index (χ1) is 9.13. The van der Waals surface area contributed by atoms with E-state index >= 15 is 0 Å². The molecule has 1 aliphatic rings. The number of aromatic nitrogens is 2. The summed E-state index contributed by atoms with van der Waals surface area (Å²) in [6, 6.07) is 5.65. The van der Waals surface area contributed by atoms with Crippen molar-refractivity contribution in [3.8, 4) is 0 Å². The molecule has 0 unspecified atom stereocenters. The fourth-order valence-corrected chi connectivity index (χ4v) is 2.12. The normalized spacial score (nSPS) is 14.6. The fraction of sp³-hybridized carbons (Fsp3) is 0.429. The average molecular weight is 259 g/mol. The third-order valence-corrected chi connectivity index (χ3v) is 3.37. The zero-order valence-electron chi connectivity index (χ0n) is 11.1. The molecule has 5 nitrogen and oxygen atoms in total. The summed E-state index contributed by atoms with van der Waals surface area (Å²) in [7, 11) is 1.76. The van der Waals surface area contributed by atoms with E-state index in [1.807, 2.05) is 25.1 Å². The van der Waals surface area contributed by atoms with Crippen LogP contribution in [0.2, 0.25) is 0 Å². The number of nitrogens with zero attached hydrogens (tertiary/aromatic N) is 2. The van der Waals surface area contributed by atoms with Crippen molar-refractivity contribution in [3.05, 3.63) is 41.1 Å². The van der Waals surface area contributed by atoms with E-state index < -0.39 is 0 Å². The van der Waals surface area contributed by atoms with Crippen LogP contribution in [0.15, 0.2) is 22.6 Å². The van der Waals surface area contributed by atoms with Crippen molar-refractivity contribution in [3.63, 3.8) is 0 Å². The molecule has 100 valence electrons. The van der Waals surface area contributed by atoms with Crippen molar-refractivity contribution in [1.29, 1.82) is 0 Å². The van der Waals surface area contributed by atoms with Crippen molar-refractivity contribution in [2.75, 3.05) is 7.05 Å². The van der Waals surface area contributed by atoms with Gasteiger partial charge >= 0.3 is 0 Å². The van der Waals surface area contributed by atoms with Gasteiger partial charge in [-0.1, -0.05) is 0 Å². The van der Waals surface area contributed by atoms with Gasteiger partial charge in [0.2, 0.25) is 0 Å². The summed E-state index contributed by atoms with van der Waals surface area (Å²) in [4.78, 5) is 13.8. The molecule has 1 aliphatic carbocycles. The summed E-state index contributed by atoms with van der Waals surface area (Å²) in [6.07, 6.45) is 2.38. The minimum atomic E-state index is -0.0859. The Morgan fingerprint density at radius 1 is 1.53 bits per heavy atom. The Bertz CT molecular complexity index is 595. The summed E-state index contributed by atoms with van der Waals surface area (Å²) >= 11 is 0. The molecule has 0 atom stereocenters. The molecule has 0 bridgehead atoms. The van der Waals surface area contributed by atoms with Gasteiger partial charge in [-0.25, -0.2) is 0 Å². The number of rotatable bonds is 4. The molecule has 2 aromatic rings. The Morgan fingerprint density at radius 2 is 2.32 bits per heavy atom. The van der Waals surface area contributed by atoms with Gasteiger partial charge in [0.15, 0.2) is 0 Å². The molecule has 0 spiro atoms. The van der Waals surface area contributed by atoms with E-state index in [4.69, 9.17) is 4.42 Å². The van der Waals surface area contributed by atoms with Gasteiger partial charge in [-0.2, -0.15) is 5.10 Å². The van der Waals surface area contributed by atoms with Crippen LogP contribution in [0.25, 0.3) is 0 Å². The lowest BCUT2D eigenvalue weighted by molar-refractivity contribution is 0.0769. The maximum absolute atomic E-state index is 12.2. The Hall–Kier alpha value is -2.04. The lowest BCUT2D eigenvalue weighted by Gasteiger charge is -2.13. The highest BCUT2D eigenvalue weighted by Gasteiger charge is 2.27. The molecule has 3 rings (SSSR count). The van der Waals surface area contributed by atoms with Crippen LogP contribution in [-0.2, 0) is 6.54 Å². The molecule has 5 heteroatoms. The van der Waals surface area contributed by atoms with Gasteiger partial charge in [-0.15, -0.1) is 0 Å². The highest BCUT2D eigenvalue weighted by molar-refractivity contribution is 5.92. The summed E-state index contributed by atoms with van der Waals surface area (Å²) < 4.78 is 5.47. The Morgan fingerprint density at radius 3 is 2.95 bits per heavy atom. The lowest BCUT2D eigenvalue weighted by atomic mass is 10.2. The molecule has 1 amide bonds. The predicted octanol–water partition coefficient (Wildman–Crippen LogP) is 2.46. The zero-order valence-corrected chi connectivity index (χ0v) is 11.1. The maximum Gasteiger partial charge on any atom is 0.274 e. The van der Waals surface area contributed by atoms with Crippen LogP contribution in [0.5, 0.6) is 0 Å². The molecular weight excluding hydrogens is 242 g/mol. The van der Waals surface area contributed by atoms with E-state index in [0.29, 0.717) is 18.2 Å². The van der Waals surface area contributed by atoms with Crippen molar-refractivity contribution < 1.29 is 9.21 Å². The molecule has 0 aliphatic heterocycles. The Balaban J connectivity index is 1.67. The van der Waals surface area contributed by atoms with Gasteiger partial charge in [-0.05, 0) is 38.0 Å². The second-order valence-corrected chi connectivity index (χ2v) is 5.16. The maximum atomic E-state index is 12.2.